The summed E-state index contributed by atoms with van der Waals surface area (Å²) in [6, 6.07) is 12.9. The second-order valence-electron chi connectivity index (χ2n) is 7.21. The molecule has 4 nitrogen and oxygen atoms in total. The van der Waals surface area contributed by atoms with Crippen molar-refractivity contribution in [3.63, 3.8) is 0 Å². The second-order valence-corrected chi connectivity index (χ2v) is 7.21. The highest BCUT2D eigenvalue weighted by Crippen LogP contribution is 2.42. The van der Waals surface area contributed by atoms with Gasteiger partial charge in [0, 0.05) is 12.5 Å². The number of carboxylic acids is 1. The van der Waals surface area contributed by atoms with E-state index in [1.165, 1.54) is 23.3 Å². The lowest BCUT2D eigenvalue weighted by molar-refractivity contribution is -0.138. The first kappa shape index (κ1) is 19.4. The maximum absolute atomic E-state index is 13.4. The molecule has 3 rings (SSSR count). The normalized spacial score (nSPS) is 19.0. The Balaban J connectivity index is 1.94. The van der Waals surface area contributed by atoms with Crippen LogP contribution in [0.2, 0.25) is 0 Å². The zero-order valence-corrected chi connectivity index (χ0v) is 15.8. The smallest absolute Gasteiger partial charge is 0.317 e. The number of carboxylic acid groups (broad SMARTS) is 1. The van der Waals surface area contributed by atoms with Crippen LogP contribution in [0.3, 0.4) is 0 Å². The van der Waals surface area contributed by atoms with Gasteiger partial charge in [0.05, 0.1) is 13.2 Å². The maximum Gasteiger partial charge on any atom is 0.317 e. The van der Waals surface area contributed by atoms with E-state index in [2.05, 4.69) is 12.1 Å². The lowest BCUT2D eigenvalue weighted by Crippen LogP contribution is -2.35. The fourth-order valence-corrected chi connectivity index (χ4v) is 4.13. The minimum atomic E-state index is -0.826. The van der Waals surface area contributed by atoms with Gasteiger partial charge in [-0.3, -0.25) is 9.69 Å². The van der Waals surface area contributed by atoms with Crippen molar-refractivity contribution >= 4 is 5.97 Å². The Kier molecular flexibility index (Phi) is 6.11. The quantitative estimate of drug-likeness (QED) is 0.801. The number of likely N-dealkylation sites (N-methyl/N-ethyl adjacent to an activating group) is 1. The number of aryl methyl sites for hydroxylation is 1. The lowest BCUT2D eigenvalue weighted by Gasteiger charge is -2.36. The number of fused-ring (bicyclic) bond motifs is 1. The Morgan fingerprint density at radius 2 is 2.00 bits per heavy atom. The highest BCUT2D eigenvalue weighted by molar-refractivity contribution is 5.69. The molecular formula is C22H26FNO3. The molecule has 27 heavy (non-hydrogen) atoms. The van der Waals surface area contributed by atoms with Crippen LogP contribution in [-0.4, -0.2) is 42.7 Å². The van der Waals surface area contributed by atoms with Gasteiger partial charge >= 0.3 is 5.97 Å². The highest BCUT2D eigenvalue weighted by atomic mass is 19.1. The van der Waals surface area contributed by atoms with E-state index < -0.39 is 5.97 Å². The number of nitrogens with zero attached hydrogens (tertiary/aromatic N) is 1. The first-order chi connectivity index (χ1) is 13.0. The molecule has 0 bridgehead atoms. The van der Waals surface area contributed by atoms with E-state index in [4.69, 9.17) is 9.84 Å². The molecule has 1 aliphatic rings. The predicted molar refractivity (Wildman–Crippen MR) is 103 cm³/mol. The van der Waals surface area contributed by atoms with E-state index in [-0.39, 0.29) is 24.2 Å². The van der Waals surface area contributed by atoms with Gasteiger partial charge in [0.15, 0.2) is 0 Å². The Hall–Kier alpha value is -2.40. The van der Waals surface area contributed by atoms with Crippen molar-refractivity contribution in [2.45, 2.75) is 25.7 Å². The molecule has 0 heterocycles. The number of aliphatic carboxylic acids is 1. The summed E-state index contributed by atoms with van der Waals surface area (Å²) in [6.45, 7) is 3.29. The van der Waals surface area contributed by atoms with Crippen LogP contribution in [0.5, 0.6) is 5.75 Å². The molecule has 2 atom stereocenters. The average Bonchev–Trinajstić information content (AvgIpc) is 2.62. The van der Waals surface area contributed by atoms with E-state index >= 15 is 0 Å². The van der Waals surface area contributed by atoms with Crippen LogP contribution in [0.15, 0.2) is 42.5 Å². The van der Waals surface area contributed by atoms with Crippen LogP contribution in [0, 0.1) is 11.7 Å². The van der Waals surface area contributed by atoms with Gasteiger partial charge in [-0.1, -0.05) is 18.2 Å². The van der Waals surface area contributed by atoms with Gasteiger partial charge in [0.1, 0.15) is 11.6 Å². The topological polar surface area (TPSA) is 49.8 Å². The SMILES string of the molecule is CCOc1ccc2c(c1)CCC(CN(C)CC(=O)O)C2c1ccc(F)cc1. The number of rotatable bonds is 7. The van der Waals surface area contributed by atoms with Gasteiger partial charge in [-0.05, 0) is 73.7 Å². The standard InChI is InChI=1S/C22H26FNO3/c1-3-27-19-10-11-20-16(12-19)4-5-17(13-24(2)14-21(25)26)22(20)15-6-8-18(23)9-7-15/h6-12,17,22H,3-5,13-14H2,1-2H3,(H,25,26). The monoisotopic (exact) mass is 371 g/mol. The van der Waals surface area contributed by atoms with Gasteiger partial charge in [0.25, 0.3) is 0 Å². The molecule has 1 aliphatic carbocycles. The zero-order valence-electron chi connectivity index (χ0n) is 15.8. The number of carbonyl (C=O) groups is 1. The summed E-state index contributed by atoms with van der Waals surface area (Å²) >= 11 is 0. The highest BCUT2D eigenvalue weighted by Gasteiger charge is 2.32. The molecule has 2 aromatic carbocycles. The third-order valence-electron chi connectivity index (χ3n) is 5.20. The fraction of sp³-hybridized carbons (Fsp3) is 0.409. The first-order valence-corrected chi connectivity index (χ1v) is 9.39. The number of hydrogen-bond acceptors (Lipinski definition) is 3. The van der Waals surface area contributed by atoms with Crippen molar-refractivity contribution in [3.05, 3.63) is 65.0 Å². The molecule has 0 radical (unpaired) electrons. The lowest BCUT2D eigenvalue weighted by atomic mass is 9.71. The van der Waals surface area contributed by atoms with Crippen LogP contribution in [0.25, 0.3) is 0 Å². The predicted octanol–water partition coefficient (Wildman–Crippen LogP) is 3.94. The van der Waals surface area contributed by atoms with Crippen molar-refractivity contribution in [1.82, 2.24) is 4.90 Å². The molecule has 0 aromatic heterocycles. The van der Waals surface area contributed by atoms with Gasteiger partial charge in [-0.25, -0.2) is 4.39 Å². The minimum absolute atomic E-state index is 0.0166. The first-order valence-electron chi connectivity index (χ1n) is 9.39. The molecule has 0 aliphatic heterocycles. The van der Waals surface area contributed by atoms with Crippen molar-refractivity contribution in [3.8, 4) is 5.75 Å². The molecule has 0 fully saturated rings. The van der Waals surface area contributed by atoms with Crippen LogP contribution in [-0.2, 0) is 11.2 Å². The molecule has 0 saturated carbocycles. The van der Waals surface area contributed by atoms with E-state index in [0.717, 1.165) is 24.2 Å². The molecule has 0 saturated heterocycles. The summed E-state index contributed by atoms with van der Waals surface area (Å²) in [6.07, 6.45) is 1.88. The summed E-state index contributed by atoms with van der Waals surface area (Å²) in [4.78, 5) is 12.9. The van der Waals surface area contributed by atoms with Crippen molar-refractivity contribution in [1.29, 1.82) is 0 Å². The Morgan fingerprint density at radius 3 is 2.67 bits per heavy atom. The van der Waals surface area contributed by atoms with Gasteiger partial charge in [0.2, 0.25) is 0 Å². The van der Waals surface area contributed by atoms with Crippen LogP contribution >= 0.6 is 0 Å². The van der Waals surface area contributed by atoms with E-state index in [1.807, 2.05) is 37.1 Å². The van der Waals surface area contributed by atoms with Gasteiger partial charge in [-0.2, -0.15) is 0 Å². The van der Waals surface area contributed by atoms with E-state index in [0.29, 0.717) is 13.2 Å². The second kappa shape index (κ2) is 8.53. The minimum Gasteiger partial charge on any atom is -0.494 e. The van der Waals surface area contributed by atoms with Crippen molar-refractivity contribution in [2.75, 3.05) is 26.7 Å². The maximum atomic E-state index is 13.4. The summed E-state index contributed by atoms with van der Waals surface area (Å²) in [5.41, 5.74) is 3.55. The Morgan fingerprint density at radius 1 is 1.26 bits per heavy atom. The fourth-order valence-electron chi connectivity index (χ4n) is 4.13. The Labute approximate surface area is 159 Å². The molecule has 2 unspecified atom stereocenters. The Bertz CT molecular complexity index is 791. The van der Waals surface area contributed by atoms with Crippen molar-refractivity contribution in [2.24, 2.45) is 5.92 Å². The third kappa shape index (κ3) is 4.66. The van der Waals surface area contributed by atoms with Crippen LogP contribution in [0.1, 0.15) is 36.0 Å². The van der Waals surface area contributed by atoms with Gasteiger partial charge in [-0.15, -0.1) is 0 Å². The number of hydrogen-bond donors (Lipinski definition) is 1. The summed E-state index contributed by atoms with van der Waals surface area (Å²) in [5, 5.41) is 9.07. The molecule has 144 valence electrons. The summed E-state index contributed by atoms with van der Waals surface area (Å²) < 4.78 is 19.1. The molecule has 1 N–H and O–H groups in total. The molecule has 0 spiro atoms. The van der Waals surface area contributed by atoms with E-state index in [9.17, 15) is 9.18 Å². The molecule has 5 heteroatoms. The van der Waals surface area contributed by atoms with Crippen molar-refractivity contribution < 1.29 is 19.0 Å². The molecular weight excluding hydrogens is 345 g/mol. The largest absolute Gasteiger partial charge is 0.494 e. The summed E-state index contributed by atoms with van der Waals surface area (Å²) in [7, 11) is 1.84. The van der Waals surface area contributed by atoms with Crippen LogP contribution in [0.4, 0.5) is 4.39 Å². The average molecular weight is 371 g/mol. The molecule has 0 amide bonds. The summed E-state index contributed by atoms with van der Waals surface area (Å²) in [5.74, 6) is 0.177. The van der Waals surface area contributed by atoms with Gasteiger partial charge < -0.3 is 9.84 Å². The molecule has 2 aromatic rings. The third-order valence-corrected chi connectivity index (χ3v) is 5.20. The number of halogens is 1. The number of benzene rings is 2. The van der Waals surface area contributed by atoms with E-state index in [1.54, 1.807) is 0 Å². The zero-order chi connectivity index (χ0) is 19.4. The van der Waals surface area contributed by atoms with Crippen LogP contribution < -0.4 is 4.74 Å². The number of ether oxygens (including phenoxy) is 1.